The normalized spacial score (nSPS) is 14.3. The maximum atomic E-state index is 12.7. The fraction of sp³-hybridized carbons (Fsp3) is 0.455. The van der Waals surface area contributed by atoms with Gasteiger partial charge in [0.2, 0.25) is 0 Å². The molecule has 0 bridgehead atoms. The topological polar surface area (TPSA) is 55.8 Å². The first kappa shape index (κ1) is 21.5. The lowest BCUT2D eigenvalue weighted by molar-refractivity contribution is -0.109. The summed E-state index contributed by atoms with van der Waals surface area (Å²) < 4.78 is 69.9. The third-order valence-corrected chi connectivity index (χ3v) is 4.25. The summed E-state index contributed by atoms with van der Waals surface area (Å²) in [6, 6.07) is 5.14. The lowest BCUT2D eigenvalue weighted by atomic mass is 10.3. The summed E-state index contributed by atoms with van der Waals surface area (Å²) in [6.07, 6.45) is -3.72. The second-order valence-corrected chi connectivity index (χ2v) is 6.23. The van der Waals surface area contributed by atoms with Crippen LogP contribution in [0.5, 0.6) is 5.75 Å². The van der Waals surface area contributed by atoms with Crippen LogP contribution in [0.4, 0.5) is 17.6 Å². The number of hydrogen-bond donors (Lipinski definition) is 1. The fourth-order valence-electron chi connectivity index (χ4n) is 1.16. The van der Waals surface area contributed by atoms with E-state index < -0.39 is 25.9 Å². The van der Waals surface area contributed by atoms with Crippen molar-refractivity contribution in [3.63, 3.8) is 0 Å². The molecule has 0 saturated heterocycles. The highest BCUT2D eigenvalue weighted by atomic mass is 35.5. The Morgan fingerprint density at radius 2 is 1.86 bits per heavy atom. The monoisotopic (exact) mass is 384 g/mol. The second-order valence-electron chi connectivity index (χ2n) is 3.80. The summed E-state index contributed by atoms with van der Waals surface area (Å²) in [4.78, 5) is 9.53. The average molecular weight is 385 g/mol. The molecule has 1 atom stereocenters. The van der Waals surface area contributed by atoms with Crippen molar-refractivity contribution in [2.24, 2.45) is 0 Å². The van der Waals surface area contributed by atoms with Gasteiger partial charge < -0.3 is 4.52 Å². The molecule has 0 amide bonds. The van der Waals surface area contributed by atoms with Crippen LogP contribution >= 0.6 is 32.0 Å². The molecule has 1 aromatic rings. The Balaban J connectivity index is 0.00000441. The molecule has 0 radical (unpaired) electrons. The van der Waals surface area contributed by atoms with Crippen LogP contribution in [0.25, 0.3) is 0 Å². The molecular weight excluding hydrogens is 371 g/mol. The van der Waals surface area contributed by atoms with Crippen molar-refractivity contribution in [1.82, 2.24) is 0 Å². The average Bonchev–Trinajstić information content (AvgIpc) is 2.37. The highest BCUT2D eigenvalue weighted by molar-refractivity contribution is 7.99. The fourth-order valence-corrected chi connectivity index (χ4v) is 2.74. The molecule has 0 saturated carbocycles. The maximum absolute atomic E-state index is 12.7. The van der Waals surface area contributed by atoms with Crippen LogP contribution in [-0.4, -0.2) is 29.6 Å². The minimum absolute atomic E-state index is 0. The smallest absolute Gasteiger partial charge is 0.404 e. The molecule has 0 aliphatic carbocycles. The Hall–Kier alpha value is -0.470. The molecular formula is C11H14ClF4O4PS. The summed E-state index contributed by atoms with van der Waals surface area (Å²) in [5.74, 6) is -5.14. The first-order valence-corrected chi connectivity index (χ1v) is 8.20. The molecule has 0 aromatic heterocycles. The molecule has 11 heteroatoms. The first-order chi connectivity index (χ1) is 9.66. The predicted molar refractivity (Wildman–Crippen MR) is 77.4 cm³/mol. The number of benzene rings is 1. The Morgan fingerprint density at radius 1 is 1.32 bits per heavy atom. The Bertz CT molecular complexity index is 503. The lowest BCUT2D eigenvalue weighted by Gasteiger charge is -2.15. The zero-order chi connectivity index (χ0) is 16.1. The van der Waals surface area contributed by atoms with Crippen LogP contribution in [0.2, 0.25) is 0 Å². The van der Waals surface area contributed by atoms with Gasteiger partial charge >= 0.3 is 20.2 Å². The quantitative estimate of drug-likeness (QED) is 0.403. The Morgan fingerprint density at radius 3 is 2.32 bits per heavy atom. The van der Waals surface area contributed by atoms with Crippen LogP contribution in [0.1, 0.15) is 6.92 Å². The number of hydrogen-bond acceptors (Lipinski definition) is 4. The van der Waals surface area contributed by atoms with Crippen molar-refractivity contribution in [2.75, 3.05) is 12.4 Å². The van der Waals surface area contributed by atoms with Gasteiger partial charge in [-0.3, -0.25) is 9.42 Å². The van der Waals surface area contributed by atoms with E-state index in [2.05, 4.69) is 4.52 Å². The van der Waals surface area contributed by atoms with Crippen LogP contribution < -0.4 is 4.52 Å². The van der Waals surface area contributed by atoms with E-state index in [1.165, 1.54) is 31.2 Å². The van der Waals surface area contributed by atoms with Crippen molar-refractivity contribution in [2.45, 2.75) is 24.2 Å². The Labute approximate surface area is 135 Å². The van der Waals surface area contributed by atoms with Gasteiger partial charge in [-0.15, -0.1) is 24.2 Å². The standard InChI is InChI=1S/C11H13F4O4PS.ClH/c1-2-18-20(16,17)19-8-3-5-9(6-4-8)21-7-11(14,15)10(12)13;/h3-6,10H,2,7H2,1H3,(H,16,17);1H. The number of phosphoric ester groups is 1. The summed E-state index contributed by atoms with van der Waals surface area (Å²) >= 11 is 0.544. The van der Waals surface area contributed by atoms with Crippen molar-refractivity contribution >= 4 is 32.0 Å². The third kappa shape index (κ3) is 7.19. The van der Waals surface area contributed by atoms with E-state index in [1.807, 2.05) is 0 Å². The number of alkyl halides is 4. The van der Waals surface area contributed by atoms with Crippen molar-refractivity contribution < 1.29 is 36.1 Å². The van der Waals surface area contributed by atoms with Gasteiger partial charge in [0.05, 0.1) is 12.4 Å². The van der Waals surface area contributed by atoms with Gasteiger partial charge in [0.15, 0.2) is 0 Å². The van der Waals surface area contributed by atoms with E-state index in [9.17, 15) is 27.0 Å². The largest absolute Gasteiger partial charge is 0.527 e. The molecule has 1 unspecified atom stereocenters. The molecule has 0 heterocycles. The van der Waals surface area contributed by atoms with E-state index in [0.717, 1.165) is 0 Å². The molecule has 1 N–H and O–H groups in total. The minimum atomic E-state index is -4.21. The van der Waals surface area contributed by atoms with Gasteiger partial charge in [-0.25, -0.2) is 13.3 Å². The van der Waals surface area contributed by atoms with E-state index in [1.54, 1.807) is 0 Å². The summed E-state index contributed by atoms with van der Waals surface area (Å²) in [5, 5.41) is 0. The predicted octanol–water partition coefficient (Wildman–Crippen LogP) is 4.62. The van der Waals surface area contributed by atoms with Gasteiger partial charge in [0.1, 0.15) is 5.75 Å². The van der Waals surface area contributed by atoms with Crippen molar-refractivity contribution in [3.05, 3.63) is 24.3 Å². The van der Waals surface area contributed by atoms with Crippen molar-refractivity contribution in [3.8, 4) is 5.75 Å². The SMILES string of the molecule is CCOP(=O)(O)Oc1ccc(SCC(F)(F)C(F)F)cc1.Cl. The molecule has 0 spiro atoms. The molecule has 22 heavy (non-hydrogen) atoms. The third-order valence-electron chi connectivity index (χ3n) is 2.09. The first-order valence-electron chi connectivity index (χ1n) is 5.72. The molecule has 128 valence electrons. The summed E-state index contributed by atoms with van der Waals surface area (Å²) in [7, 11) is -4.21. The minimum Gasteiger partial charge on any atom is -0.404 e. The molecule has 0 fully saturated rings. The van der Waals surface area contributed by atoms with E-state index in [0.29, 0.717) is 16.7 Å². The number of rotatable bonds is 8. The van der Waals surface area contributed by atoms with E-state index >= 15 is 0 Å². The number of phosphoric acid groups is 1. The summed E-state index contributed by atoms with van der Waals surface area (Å²) in [6.45, 7) is 1.49. The maximum Gasteiger partial charge on any atom is 0.527 e. The zero-order valence-electron chi connectivity index (χ0n) is 11.2. The second kappa shape index (κ2) is 8.98. The highest BCUT2D eigenvalue weighted by Crippen LogP contribution is 2.43. The van der Waals surface area contributed by atoms with Crippen molar-refractivity contribution in [1.29, 1.82) is 0 Å². The number of halogens is 5. The molecule has 4 nitrogen and oxygen atoms in total. The molecule has 1 aromatic carbocycles. The zero-order valence-corrected chi connectivity index (χ0v) is 13.8. The van der Waals surface area contributed by atoms with Gasteiger partial charge in [-0.05, 0) is 31.2 Å². The van der Waals surface area contributed by atoms with E-state index in [4.69, 9.17) is 4.52 Å². The highest BCUT2D eigenvalue weighted by Gasteiger charge is 2.40. The van der Waals surface area contributed by atoms with Crippen LogP contribution in [0.15, 0.2) is 29.2 Å². The summed E-state index contributed by atoms with van der Waals surface area (Å²) in [5.41, 5.74) is 0. The number of thioether (sulfide) groups is 1. The lowest BCUT2D eigenvalue weighted by Crippen LogP contribution is -2.29. The molecule has 0 aliphatic heterocycles. The van der Waals surface area contributed by atoms with Gasteiger partial charge in [-0.2, -0.15) is 8.78 Å². The van der Waals surface area contributed by atoms with Crippen LogP contribution in [0, 0.1) is 0 Å². The van der Waals surface area contributed by atoms with Gasteiger partial charge in [0, 0.05) is 4.90 Å². The molecule has 0 aliphatic rings. The van der Waals surface area contributed by atoms with Crippen LogP contribution in [-0.2, 0) is 9.09 Å². The van der Waals surface area contributed by atoms with Gasteiger partial charge in [-0.1, -0.05) is 0 Å². The Kier molecular flexibility index (Phi) is 8.79. The van der Waals surface area contributed by atoms with E-state index in [-0.39, 0.29) is 24.8 Å². The molecule has 1 rings (SSSR count). The van der Waals surface area contributed by atoms with Gasteiger partial charge in [0.25, 0.3) is 0 Å². The van der Waals surface area contributed by atoms with Crippen LogP contribution in [0.3, 0.4) is 0 Å².